The molecular formula is C11H20ClF3N2O. The largest absolute Gasteiger partial charge is 0.391 e. The number of nitrogens with two attached hydrogens (primary N) is 1. The van der Waals surface area contributed by atoms with E-state index in [1.165, 1.54) is 0 Å². The van der Waals surface area contributed by atoms with E-state index in [1.807, 2.05) is 0 Å². The fraction of sp³-hybridized carbons (Fsp3) is 0.909. The average molecular weight is 289 g/mol. The van der Waals surface area contributed by atoms with Crippen LogP contribution in [0.15, 0.2) is 0 Å². The minimum atomic E-state index is -4.10. The molecule has 0 heterocycles. The van der Waals surface area contributed by atoms with Crippen molar-refractivity contribution >= 4 is 18.3 Å². The van der Waals surface area contributed by atoms with E-state index in [4.69, 9.17) is 5.73 Å². The second-order valence-electron chi connectivity index (χ2n) is 4.84. The summed E-state index contributed by atoms with van der Waals surface area (Å²) < 4.78 is 37.2. The van der Waals surface area contributed by atoms with Gasteiger partial charge in [0.25, 0.3) is 0 Å². The zero-order chi connectivity index (χ0) is 13.1. The number of amides is 1. The number of halogens is 4. The van der Waals surface area contributed by atoms with E-state index < -0.39 is 12.1 Å². The molecular weight excluding hydrogens is 269 g/mol. The van der Waals surface area contributed by atoms with Gasteiger partial charge in [-0.1, -0.05) is 0 Å². The van der Waals surface area contributed by atoms with Crippen LogP contribution >= 0.6 is 12.4 Å². The Kier molecular flexibility index (Phi) is 6.99. The molecule has 0 aromatic heterocycles. The lowest BCUT2D eigenvalue weighted by Crippen LogP contribution is -2.41. The molecule has 1 aliphatic carbocycles. The van der Waals surface area contributed by atoms with Gasteiger partial charge < -0.3 is 11.1 Å². The molecule has 3 N–H and O–H groups in total. The molecule has 0 saturated heterocycles. The summed E-state index contributed by atoms with van der Waals surface area (Å²) in [5, 5.41) is 2.74. The van der Waals surface area contributed by atoms with Crippen molar-refractivity contribution < 1.29 is 18.0 Å². The third kappa shape index (κ3) is 5.91. The summed E-state index contributed by atoms with van der Waals surface area (Å²) in [7, 11) is 0. The van der Waals surface area contributed by atoms with Crippen LogP contribution in [0.25, 0.3) is 0 Å². The molecule has 1 saturated carbocycles. The summed E-state index contributed by atoms with van der Waals surface area (Å²) in [6, 6.07) is -0.346. The van der Waals surface area contributed by atoms with E-state index in [-0.39, 0.29) is 49.7 Å². The van der Waals surface area contributed by atoms with E-state index >= 15 is 0 Å². The van der Waals surface area contributed by atoms with Crippen LogP contribution in [0.2, 0.25) is 0 Å². The minimum Gasteiger partial charge on any atom is -0.353 e. The Morgan fingerprint density at radius 3 is 2.22 bits per heavy atom. The van der Waals surface area contributed by atoms with Crippen molar-refractivity contribution in [3.63, 3.8) is 0 Å². The van der Waals surface area contributed by atoms with Crippen LogP contribution in [-0.4, -0.2) is 24.2 Å². The normalized spacial score (nSPS) is 26.1. The molecule has 18 heavy (non-hydrogen) atoms. The molecule has 1 aliphatic rings. The van der Waals surface area contributed by atoms with Crippen molar-refractivity contribution in [1.82, 2.24) is 5.32 Å². The second kappa shape index (κ2) is 7.19. The standard InChI is InChI=1S/C11H19F3N2O.ClH/c1-7(15)6-10(17)16-9-4-2-8(3-5-9)11(12,13)14;/h7-9H,2-6,15H2,1H3,(H,16,17);1H. The van der Waals surface area contributed by atoms with Gasteiger partial charge in [0, 0.05) is 18.5 Å². The summed E-state index contributed by atoms with van der Waals surface area (Å²) in [6.45, 7) is 1.72. The first-order valence-corrected chi connectivity index (χ1v) is 5.90. The SMILES string of the molecule is CC(N)CC(=O)NC1CCC(C(F)(F)F)CC1.Cl. The second-order valence-corrected chi connectivity index (χ2v) is 4.84. The number of carbonyl (C=O) groups excluding carboxylic acids is 1. The highest BCUT2D eigenvalue weighted by atomic mass is 35.5. The molecule has 0 radical (unpaired) electrons. The number of hydrogen-bond donors (Lipinski definition) is 2. The Balaban J connectivity index is 0.00000289. The summed E-state index contributed by atoms with van der Waals surface area (Å²) in [4.78, 5) is 11.4. The van der Waals surface area contributed by atoms with Crippen LogP contribution < -0.4 is 11.1 Å². The Morgan fingerprint density at radius 2 is 1.83 bits per heavy atom. The molecule has 7 heteroatoms. The van der Waals surface area contributed by atoms with E-state index in [0.717, 1.165) is 0 Å². The fourth-order valence-electron chi connectivity index (χ4n) is 2.14. The number of hydrogen-bond acceptors (Lipinski definition) is 2. The fourth-order valence-corrected chi connectivity index (χ4v) is 2.14. The topological polar surface area (TPSA) is 55.1 Å². The monoisotopic (exact) mass is 288 g/mol. The highest BCUT2D eigenvalue weighted by Gasteiger charge is 2.41. The lowest BCUT2D eigenvalue weighted by atomic mass is 9.85. The highest BCUT2D eigenvalue weighted by Crippen LogP contribution is 2.37. The lowest BCUT2D eigenvalue weighted by Gasteiger charge is -2.30. The van der Waals surface area contributed by atoms with Crippen LogP contribution in [0, 0.1) is 5.92 Å². The van der Waals surface area contributed by atoms with Crippen LogP contribution in [-0.2, 0) is 4.79 Å². The predicted octanol–water partition coefficient (Wildman–Crippen LogP) is 2.38. The summed E-state index contributed by atoms with van der Waals surface area (Å²) in [5.41, 5.74) is 5.47. The molecule has 1 atom stereocenters. The molecule has 0 aromatic carbocycles. The van der Waals surface area contributed by atoms with Gasteiger partial charge in [0.1, 0.15) is 0 Å². The van der Waals surface area contributed by atoms with E-state index in [9.17, 15) is 18.0 Å². The van der Waals surface area contributed by atoms with Gasteiger partial charge in [-0.05, 0) is 32.6 Å². The van der Waals surface area contributed by atoms with E-state index in [2.05, 4.69) is 5.32 Å². The van der Waals surface area contributed by atoms with Gasteiger partial charge in [0.15, 0.2) is 0 Å². The molecule has 0 aliphatic heterocycles. The average Bonchev–Trinajstić information content (AvgIpc) is 2.15. The highest BCUT2D eigenvalue weighted by molar-refractivity contribution is 5.85. The van der Waals surface area contributed by atoms with E-state index in [0.29, 0.717) is 12.8 Å². The first kappa shape index (κ1) is 17.5. The maximum absolute atomic E-state index is 12.4. The van der Waals surface area contributed by atoms with Gasteiger partial charge in [-0.15, -0.1) is 12.4 Å². The Hall–Kier alpha value is -0.490. The molecule has 0 aromatic rings. The Morgan fingerprint density at radius 1 is 1.33 bits per heavy atom. The van der Waals surface area contributed by atoms with Gasteiger partial charge in [-0.3, -0.25) is 4.79 Å². The maximum atomic E-state index is 12.4. The number of rotatable bonds is 3. The van der Waals surface area contributed by atoms with Crippen LogP contribution in [0.3, 0.4) is 0 Å². The van der Waals surface area contributed by atoms with Crippen LogP contribution in [0.4, 0.5) is 13.2 Å². The molecule has 3 nitrogen and oxygen atoms in total. The van der Waals surface area contributed by atoms with Crippen molar-refractivity contribution in [2.75, 3.05) is 0 Å². The van der Waals surface area contributed by atoms with Gasteiger partial charge in [0.05, 0.1) is 5.92 Å². The van der Waals surface area contributed by atoms with Crippen LogP contribution in [0.1, 0.15) is 39.0 Å². The van der Waals surface area contributed by atoms with Gasteiger partial charge >= 0.3 is 6.18 Å². The maximum Gasteiger partial charge on any atom is 0.391 e. The lowest BCUT2D eigenvalue weighted by molar-refractivity contribution is -0.182. The predicted molar refractivity (Wildman–Crippen MR) is 65.5 cm³/mol. The third-order valence-corrected chi connectivity index (χ3v) is 3.06. The van der Waals surface area contributed by atoms with Gasteiger partial charge in [0.2, 0.25) is 5.91 Å². The summed E-state index contributed by atoms with van der Waals surface area (Å²) in [6.07, 6.45) is -2.87. The summed E-state index contributed by atoms with van der Waals surface area (Å²) in [5.74, 6) is -1.38. The van der Waals surface area contributed by atoms with Crippen LogP contribution in [0.5, 0.6) is 0 Å². The smallest absolute Gasteiger partial charge is 0.353 e. The quantitative estimate of drug-likeness (QED) is 0.838. The third-order valence-electron chi connectivity index (χ3n) is 3.06. The molecule has 0 spiro atoms. The van der Waals surface area contributed by atoms with Crippen molar-refractivity contribution in [1.29, 1.82) is 0 Å². The molecule has 0 bridgehead atoms. The minimum absolute atomic E-state index is 0. The summed E-state index contributed by atoms with van der Waals surface area (Å²) >= 11 is 0. The molecule has 1 amide bonds. The Bertz CT molecular complexity index is 264. The first-order chi connectivity index (χ1) is 7.79. The van der Waals surface area contributed by atoms with Crippen molar-refractivity contribution in [3.05, 3.63) is 0 Å². The number of carbonyl (C=O) groups is 1. The molecule has 108 valence electrons. The number of nitrogens with one attached hydrogen (secondary N) is 1. The molecule has 1 fully saturated rings. The van der Waals surface area contributed by atoms with Crippen molar-refractivity contribution in [3.8, 4) is 0 Å². The van der Waals surface area contributed by atoms with Crippen molar-refractivity contribution in [2.45, 2.75) is 57.3 Å². The zero-order valence-electron chi connectivity index (χ0n) is 10.3. The van der Waals surface area contributed by atoms with E-state index in [1.54, 1.807) is 6.92 Å². The Labute approximate surface area is 111 Å². The zero-order valence-corrected chi connectivity index (χ0v) is 11.1. The molecule has 1 rings (SSSR count). The number of alkyl halides is 3. The first-order valence-electron chi connectivity index (χ1n) is 5.90. The van der Waals surface area contributed by atoms with Gasteiger partial charge in [-0.25, -0.2) is 0 Å². The molecule has 1 unspecified atom stereocenters. The van der Waals surface area contributed by atoms with Gasteiger partial charge in [-0.2, -0.15) is 13.2 Å². The van der Waals surface area contributed by atoms with Crippen molar-refractivity contribution in [2.24, 2.45) is 11.7 Å².